The summed E-state index contributed by atoms with van der Waals surface area (Å²) in [4.78, 5) is 43.3. The number of fused-ring (bicyclic) bond motifs is 1. The average molecular weight is 584 g/mol. The van der Waals surface area contributed by atoms with Crippen molar-refractivity contribution in [2.45, 2.75) is 39.3 Å². The Morgan fingerprint density at radius 2 is 1.86 bits per heavy atom. The van der Waals surface area contributed by atoms with E-state index < -0.39 is 16.9 Å². The van der Waals surface area contributed by atoms with Gasteiger partial charge >= 0.3 is 5.97 Å². The van der Waals surface area contributed by atoms with Crippen molar-refractivity contribution >= 4 is 29.1 Å². The minimum absolute atomic E-state index is 0.0740. The monoisotopic (exact) mass is 583 g/mol. The van der Waals surface area contributed by atoms with Crippen LogP contribution in [0.15, 0.2) is 99.9 Å². The molecule has 1 atom stereocenters. The highest BCUT2D eigenvalue weighted by atomic mass is 32.1. The number of rotatable bonds is 10. The number of carbonyl (C=O) groups excluding carboxylic acids is 1. The Kier molecular flexibility index (Phi) is 8.73. The van der Waals surface area contributed by atoms with Crippen LogP contribution < -0.4 is 19.6 Å². The standard InChI is InChI=1S/C32H29N3O6S/c1-3-4-17-40-26-15-13-24(14-16-26)29-28(31(37)41-20-22-9-6-5-7-10-22)21(2)33-32-34(29)30(36)27(42-32)19-23-11-8-12-25(18-23)35(38)39/h5-16,18-19,29H,3-4,17,20H2,1-2H3/b27-19-. The van der Waals surface area contributed by atoms with Crippen LogP contribution in [0.5, 0.6) is 5.75 Å². The van der Waals surface area contributed by atoms with Gasteiger partial charge in [0.25, 0.3) is 11.2 Å². The lowest BCUT2D eigenvalue weighted by atomic mass is 9.96. The van der Waals surface area contributed by atoms with E-state index in [1.807, 2.05) is 54.6 Å². The molecular formula is C32H29N3O6S. The zero-order valence-electron chi connectivity index (χ0n) is 23.2. The molecule has 0 saturated heterocycles. The highest BCUT2D eigenvalue weighted by Gasteiger charge is 2.33. The summed E-state index contributed by atoms with van der Waals surface area (Å²) in [6, 6.07) is 22.0. The third-order valence-corrected chi connectivity index (χ3v) is 7.78. The van der Waals surface area contributed by atoms with Gasteiger partial charge in [-0.1, -0.05) is 79.3 Å². The molecule has 0 saturated carbocycles. The molecule has 3 aromatic carbocycles. The zero-order chi connectivity index (χ0) is 29.6. The first kappa shape index (κ1) is 28.7. The summed E-state index contributed by atoms with van der Waals surface area (Å²) in [6.07, 6.45) is 3.55. The molecule has 1 unspecified atom stereocenters. The van der Waals surface area contributed by atoms with E-state index in [4.69, 9.17) is 9.47 Å². The Bertz CT molecular complexity index is 1820. The number of hydrogen-bond donors (Lipinski definition) is 0. The largest absolute Gasteiger partial charge is 0.494 e. The van der Waals surface area contributed by atoms with Crippen LogP contribution in [-0.4, -0.2) is 22.1 Å². The summed E-state index contributed by atoms with van der Waals surface area (Å²) in [7, 11) is 0. The van der Waals surface area contributed by atoms with Gasteiger partial charge in [0, 0.05) is 12.1 Å². The van der Waals surface area contributed by atoms with Crippen LogP contribution in [0.25, 0.3) is 6.08 Å². The lowest BCUT2D eigenvalue weighted by molar-refractivity contribution is -0.384. The molecule has 5 rings (SSSR count). The topological polar surface area (TPSA) is 113 Å². The van der Waals surface area contributed by atoms with Crippen molar-refractivity contribution in [2.75, 3.05) is 6.61 Å². The second-order valence-corrected chi connectivity index (χ2v) is 10.8. The number of hydrogen-bond acceptors (Lipinski definition) is 8. The maximum atomic E-state index is 13.9. The summed E-state index contributed by atoms with van der Waals surface area (Å²) in [5, 5.41) is 11.3. The molecule has 214 valence electrons. The first-order chi connectivity index (χ1) is 20.4. The average Bonchev–Trinajstić information content (AvgIpc) is 3.30. The Hall–Kier alpha value is -4.83. The fraction of sp³-hybridized carbons (Fsp3) is 0.219. The van der Waals surface area contributed by atoms with Gasteiger partial charge < -0.3 is 9.47 Å². The van der Waals surface area contributed by atoms with Crippen molar-refractivity contribution < 1.29 is 19.2 Å². The Morgan fingerprint density at radius 1 is 1.10 bits per heavy atom. The van der Waals surface area contributed by atoms with Gasteiger partial charge in [-0.25, -0.2) is 9.79 Å². The number of ether oxygens (including phenoxy) is 2. The van der Waals surface area contributed by atoms with E-state index in [9.17, 15) is 19.7 Å². The second-order valence-electron chi connectivity index (χ2n) is 9.77. The Balaban J connectivity index is 1.57. The number of unbranched alkanes of at least 4 members (excludes halogenated alkanes) is 1. The fourth-order valence-electron chi connectivity index (χ4n) is 4.66. The van der Waals surface area contributed by atoms with Crippen molar-refractivity contribution in [2.24, 2.45) is 4.99 Å². The minimum Gasteiger partial charge on any atom is -0.494 e. The molecule has 4 aromatic rings. The summed E-state index contributed by atoms with van der Waals surface area (Å²) in [5.74, 6) is 0.125. The zero-order valence-corrected chi connectivity index (χ0v) is 24.0. The van der Waals surface area contributed by atoms with Crippen LogP contribution in [0.4, 0.5) is 5.69 Å². The minimum atomic E-state index is -0.790. The number of nitro groups is 1. The number of carbonyl (C=O) groups is 1. The first-order valence-electron chi connectivity index (χ1n) is 13.6. The highest BCUT2D eigenvalue weighted by Crippen LogP contribution is 2.32. The predicted octanol–water partition coefficient (Wildman–Crippen LogP) is 5.07. The number of aromatic nitrogens is 1. The third-order valence-electron chi connectivity index (χ3n) is 6.80. The van der Waals surface area contributed by atoms with Crippen LogP contribution in [0.3, 0.4) is 0 Å². The van der Waals surface area contributed by atoms with Gasteiger partial charge in [0.15, 0.2) is 4.80 Å². The second kappa shape index (κ2) is 12.8. The van der Waals surface area contributed by atoms with Gasteiger partial charge in [-0.2, -0.15) is 0 Å². The molecule has 0 fully saturated rings. The summed E-state index contributed by atoms with van der Waals surface area (Å²) >= 11 is 1.16. The molecule has 0 radical (unpaired) electrons. The molecule has 42 heavy (non-hydrogen) atoms. The lowest BCUT2D eigenvalue weighted by Crippen LogP contribution is -2.39. The Labute approximate surface area is 245 Å². The van der Waals surface area contributed by atoms with Crippen LogP contribution >= 0.6 is 11.3 Å². The number of benzene rings is 3. The highest BCUT2D eigenvalue weighted by molar-refractivity contribution is 7.07. The molecular weight excluding hydrogens is 554 g/mol. The number of allylic oxidation sites excluding steroid dienone is 1. The van der Waals surface area contributed by atoms with Crippen LogP contribution in [0.2, 0.25) is 0 Å². The molecule has 0 bridgehead atoms. The molecule has 2 heterocycles. The van der Waals surface area contributed by atoms with Gasteiger partial charge in [0.2, 0.25) is 0 Å². The maximum Gasteiger partial charge on any atom is 0.338 e. The molecule has 10 heteroatoms. The van der Waals surface area contributed by atoms with Crippen molar-refractivity contribution in [3.63, 3.8) is 0 Å². The van der Waals surface area contributed by atoms with E-state index in [-0.39, 0.29) is 23.4 Å². The molecule has 1 aliphatic heterocycles. The number of nitrogens with zero attached hydrogens (tertiary/aromatic N) is 3. The quantitative estimate of drug-likeness (QED) is 0.112. The normalized spacial score (nSPS) is 14.7. The maximum absolute atomic E-state index is 13.9. The van der Waals surface area contributed by atoms with Crippen molar-refractivity contribution in [3.05, 3.63) is 137 Å². The molecule has 9 nitrogen and oxygen atoms in total. The van der Waals surface area contributed by atoms with E-state index in [2.05, 4.69) is 11.9 Å². The molecule has 0 aliphatic carbocycles. The van der Waals surface area contributed by atoms with Crippen LogP contribution in [0.1, 0.15) is 49.4 Å². The molecule has 0 amide bonds. The van der Waals surface area contributed by atoms with Gasteiger partial charge in [-0.15, -0.1) is 0 Å². The van der Waals surface area contributed by atoms with E-state index in [0.29, 0.717) is 38.5 Å². The number of non-ortho nitro benzene ring substituents is 1. The molecule has 1 aromatic heterocycles. The smallest absolute Gasteiger partial charge is 0.338 e. The number of esters is 1. The predicted molar refractivity (Wildman–Crippen MR) is 160 cm³/mol. The molecule has 1 aliphatic rings. The Morgan fingerprint density at radius 3 is 2.57 bits per heavy atom. The summed E-state index contributed by atoms with van der Waals surface area (Å²) < 4.78 is 13.4. The van der Waals surface area contributed by atoms with Crippen LogP contribution in [0, 0.1) is 10.1 Å². The SMILES string of the molecule is CCCCOc1ccc(C2C(C(=O)OCc3ccccc3)=C(C)N=c3s/c(=C\c4cccc([N+](=O)[O-])c4)c(=O)n32)cc1. The van der Waals surface area contributed by atoms with Crippen molar-refractivity contribution in [1.29, 1.82) is 0 Å². The molecule has 0 N–H and O–H groups in total. The van der Waals surface area contributed by atoms with Gasteiger partial charge in [-0.3, -0.25) is 19.5 Å². The third kappa shape index (κ3) is 6.23. The van der Waals surface area contributed by atoms with E-state index in [1.165, 1.54) is 16.7 Å². The fourth-order valence-corrected chi connectivity index (χ4v) is 5.71. The van der Waals surface area contributed by atoms with E-state index in [1.54, 1.807) is 25.1 Å². The van der Waals surface area contributed by atoms with Gasteiger partial charge in [0.1, 0.15) is 12.4 Å². The van der Waals surface area contributed by atoms with E-state index >= 15 is 0 Å². The van der Waals surface area contributed by atoms with Gasteiger partial charge in [0.05, 0.1) is 33.4 Å². The van der Waals surface area contributed by atoms with Crippen LogP contribution in [-0.2, 0) is 16.1 Å². The van der Waals surface area contributed by atoms with Crippen molar-refractivity contribution in [3.8, 4) is 5.75 Å². The molecule has 0 spiro atoms. The van der Waals surface area contributed by atoms with E-state index in [0.717, 1.165) is 29.7 Å². The summed E-state index contributed by atoms with van der Waals surface area (Å²) in [5.41, 5.74) is 2.32. The summed E-state index contributed by atoms with van der Waals surface area (Å²) in [6.45, 7) is 4.49. The lowest BCUT2D eigenvalue weighted by Gasteiger charge is -2.25. The number of thiazole rings is 1. The van der Waals surface area contributed by atoms with Gasteiger partial charge in [-0.05, 0) is 48.2 Å². The first-order valence-corrected chi connectivity index (χ1v) is 14.4. The van der Waals surface area contributed by atoms with Crippen molar-refractivity contribution in [1.82, 2.24) is 4.57 Å². The number of nitro benzene ring substituents is 1.